The van der Waals surface area contributed by atoms with Crippen LogP contribution in [0.25, 0.3) is 11.4 Å². The molecule has 128 valence electrons. The SMILES string of the molecule is Cc1ccc(NC(=O)CSc2n[nH]c(-c3ccccc3F)n2)c(Cl)c1. The molecule has 0 unspecified atom stereocenters. The molecule has 25 heavy (non-hydrogen) atoms. The Morgan fingerprint density at radius 2 is 2.12 bits per heavy atom. The summed E-state index contributed by atoms with van der Waals surface area (Å²) in [7, 11) is 0. The fraction of sp³-hybridized carbons (Fsp3) is 0.118. The standard InChI is InChI=1S/C17H14ClFN4OS/c1-10-6-7-14(12(18)8-10)20-15(24)9-25-17-21-16(22-23-17)11-4-2-3-5-13(11)19/h2-8H,9H2,1H3,(H,20,24)(H,21,22,23). The van der Waals surface area contributed by atoms with Crippen LogP contribution in [-0.2, 0) is 4.79 Å². The molecule has 3 rings (SSSR count). The van der Waals surface area contributed by atoms with Gasteiger partial charge in [-0.15, -0.1) is 5.10 Å². The Hall–Kier alpha value is -2.38. The van der Waals surface area contributed by atoms with Crippen LogP contribution in [-0.4, -0.2) is 26.8 Å². The van der Waals surface area contributed by atoms with Crippen molar-refractivity contribution in [3.8, 4) is 11.4 Å². The second kappa shape index (κ2) is 7.67. The molecule has 0 aliphatic heterocycles. The highest BCUT2D eigenvalue weighted by molar-refractivity contribution is 7.99. The molecule has 0 radical (unpaired) electrons. The minimum absolute atomic E-state index is 0.110. The zero-order valence-corrected chi connectivity index (χ0v) is 14.8. The third kappa shape index (κ3) is 4.37. The van der Waals surface area contributed by atoms with E-state index in [1.165, 1.54) is 6.07 Å². The summed E-state index contributed by atoms with van der Waals surface area (Å²) in [5.74, 6) is -0.184. The second-order valence-electron chi connectivity index (χ2n) is 5.27. The number of hydrogen-bond acceptors (Lipinski definition) is 4. The van der Waals surface area contributed by atoms with E-state index in [1.807, 2.05) is 13.0 Å². The molecule has 0 spiro atoms. The number of amides is 1. The van der Waals surface area contributed by atoms with Crippen molar-refractivity contribution in [1.82, 2.24) is 15.2 Å². The van der Waals surface area contributed by atoms with Crippen molar-refractivity contribution in [2.24, 2.45) is 0 Å². The molecular formula is C17H14ClFN4OS. The zero-order valence-electron chi connectivity index (χ0n) is 13.2. The third-order valence-electron chi connectivity index (χ3n) is 3.32. The topological polar surface area (TPSA) is 70.7 Å². The van der Waals surface area contributed by atoms with E-state index in [1.54, 1.807) is 30.3 Å². The van der Waals surface area contributed by atoms with Crippen molar-refractivity contribution in [2.75, 3.05) is 11.1 Å². The van der Waals surface area contributed by atoms with Gasteiger partial charge in [-0.05, 0) is 36.8 Å². The van der Waals surface area contributed by atoms with Crippen molar-refractivity contribution in [1.29, 1.82) is 0 Å². The van der Waals surface area contributed by atoms with Gasteiger partial charge in [0.05, 0.1) is 22.0 Å². The number of halogens is 2. The van der Waals surface area contributed by atoms with Crippen molar-refractivity contribution in [3.63, 3.8) is 0 Å². The summed E-state index contributed by atoms with van der Waals surface area (Å²) in [5, 5.41) is 10.3. The van der Waals surface area contributed by atoms with Gasteiger partial charge in [0.1, 0.15) is 5.82 Å². The molecule has 2 aromatic carbocycles. The molecule has 0 aliphatic carbocycles. The van der Waals surface area contributed by atoms with Crippen LogP contribution in [0.5, 0.6) is 0 Å². The quantitative estimate of drug-likeness (QED) is 0.651. The molecule has 0 atom stereocenters. The average molecular weight is 377 g/mol. The number of carbonyl (C=O) groups excluding carboxylic acids is 1. The van der Waals surface area contributed by atoms with E-state index in [0.717, 1.165) is 17.3 Å². The molecule has 3 aromatic rings. The first kappa shape index (κ1) is 17.4. The number of nitrogens with one attached hydrogen (secondary N) is 2. The maximum atomic E-state index is 13.7. The van der Waals surface area contributed by atoms with Crippen molar-refractivity contribution in [2.45, 2.75) is 12.1 Å². The van der Waals surface area contributed by atoms with E-state index in [0.29, 0.717) is 27.3 Å². The number of benzene rings is 2. The van der Waals surface area contributed by atoms with Gasteiger partial charge in [-0.3, -0.25) is 9.89 Å². The van der Waals surface area contributed by atoms with Crippen LogP contribution in [0.4, 0.5) is 10.1 Å². The summed E-state index contributed by atoms with van der Waals surface area (Å²) >= 11 is 7.24. The summed E-state index contributed by atoms with van der Waals surface area (Å²) in [5.41, 5.74) is 1.90. The van der Waals surface area contributed by atoms with Crippen molar-refractivity contribution < 1.29 is 9.18 Å². The number of carbonyl (C=O) groups is 1. The van der Waals surface area contributed by atoms with Crippen LogP contribution in [0.1, 0.15) is 5.56 Å². The first-order chi connectivity index (χ1) is 12.0. The number of aromatic nitrogens is 3. The summed E-state index contributed by atoms with van der Waals surface area (Å²) in [4.78, 5) is 16.2. The van der Waals surface area contributed by atoms with Gasteiger partial charge in [0.2, 0.25) is 11.1 Å². The Morgan fingerprint density at radius 3 is 2.88 bits per heavy atom. The fourth-order valence-corrected chi connectivity index (χ4v) is 3.00. The van der Waals surface area contributed by atoms with Gasteiger partial charge < -0.3 is 5.32 Å². The number of H-pyrrole nitrogens is 1. The van der Waals surface area contributed by atoms with Gasteiger partial charge in [0.15, 0.2) is 5.82 Å². The molecule has 8 heteroatoms. The van der Waals surface area contributed by atoms with Crippen LogP contribution in [0.2, 0.25) is 5.02 Å². The highest BCUT2D eigenvalue weighted by atomic mass is 35.5. The number of anilines is 1. The lowest BCUT2D eigenvalue weighted by atomic mass is 10.2. The van der Waals surface area contributed by atoms with Gasteiger partial charge in [-0.2, -0.15) is 0 Å². The average Bonchev–Trinajstić information content (AvgIpc) is 3.05. The molecule has 0 saturated carbocycles. The number of hydrogen-bond donors (Lipinski definition) is 2. The fourth-order valence-electron chi connectivity index (χ4n) is 2.12. The summed E-state index contributed by atoms with van der Waals surface area (Å²) in [6, 6.07) is 11.7. The Balaban J connectivity index is 1.60. The summed E-state index contributed by atoms with van der Waals surface area (Å²) < 4.78 is 13.7. The Kier molecular flexibility index (Phi) is 5.35. The largest absolute Gasteiger partial charge is 0.324 e. The van der Waals surface area contributed by atoms with Crippen LogP contribution in [0.3, 0.4) is 0 Å². The van der Waals surface area contributed by atoms with Gasteiger partial charge in [0, 0.05) is 0 Å². The molecule has 1 heterocycles. The van der Waals surface area contributed by atoms with E-state index < -0.39 is 0 Å². The number of rotatable bonds is 5. The molecule has 5 nitrogen and oxygen atoms in total. The lowest BCUT2D eigenvalue weighted by Gasteiger charge is -2.06. The van der Waals surface area contributed by atoms with Gasteiger partial charge in [0.25, 0.3) is 0 Å². The third-order valence-corrected chi connectivity index (χ3v) is 4.48. The van der Waals surface area contributed by atoms with Crippen LogP contribution in [0.15, 0.2) is 47.6 Å². The molecule has 0 saturated heterocycles. The van der Waals surface area contributed by atoms with Crippen LogP contribution in [0, 0.1) is 12.7 Å². The first-order valence-electron chi connectivity index (χ1n) is 7.39. The Morgan fingerprint density at radius 1 is 1.32 bits per heavy atom. The predicted octanol–water partition coefficient (Wildman–Crippen LogP) is 4.30. The lowest BCUT2D eigenvalue weighted by Crippen LogP contribution is -2.14. The van der Waals surface area contributed by atoms with Gasteiger partial charge in [-0.1, -0.05) is 41.6 Å². The lowest BCUT2D eigenvalue weighted by molar-refractivity contribution is -0.113. The molecule has 1 amide bonds. The molecule has 2 N–H and O–H groups in total. The monoisotopic (exact) mass is 376 g/mol. The van der Waals surface area contributed by atoms with Crippen molar-refractivity contribution in [3.05, 3.63) is 58.9 Å². The number of aromatic amines is 1. The van der Waals surface area contributed by atoms with E-state index >= 15 is 0 Å². The van der Waals surface area contributed by atoms with Crippen LogP contribution < -0.4 is 5.32 Å². The Bertz CT molecular complexity index is 915. The molecule has 0 bridgehead atoms. The number of nitrogens with zero attached hydrogens (tertiary/aromatic N) is 2. The minimum atomic E-state index is -0.387. The predicted molar refractivity (Wildman–Crippen MR) is 97.3 cm³/mol. The normalized spacial score (nSPS) is 10.7. The van der Waals surface area contributed by atoms with Gasteiger partial charge >= 0.3 is 0 Å². The van der Waals surface area contributed by atoms with Crippen LogP contribution >= 0.6 is 23.4 Å². The molecule has 0 fully saturated rings. The number of aryl methyl sites for hydroxylation is 1. The minimum Gasteiger partial charge on any atom is -0.324 e. The molecule has 1 aromatic heterocycles. The van der Waals surface area contributed by atoms with E-state index in [4.69, 9.17) is 11.6 Å². The maximum Gasteiger partial charge on any atom is 0.234 e. The maximum absolute atomic E-state index is 13.7. The smallest absolute Gasteiger partial charge is 0.234 e. The first-order valence-corrected chi connectivity index (χ1v) is 8.75. The molecule has 0 aliphatic rings. The summed E-state index contributed by atoms with van der Waals surface area (Å²) in [6.45, 7) is 1.92. The second-order valence-corrected chi connectivity index (χ2v) is 6.62. The van der Waals surface area contributed by atoms with Crippen molar-refractivity contribution >= 4 is 35.0 Å². The van der Waals surface area contributed by atoms with Gasteiger partial charge in [-0.25, -0.2) is 9.37 Å². The zero-order chi connectivity index (χ0) is 17.8. The highest BCUT2D eigenvalue weighted by Gasteiger charge is 2.12. The number of thioether (sulfide) groups is 1. The highest BCUT2D eigenvalue weighted by Crippen LogP contribution is 2.24. The molecular weight excluding hydrogens is 363 g/mol. The van der Waals surface area contributed by atoms with E-state index in [9.17, 15) is 9.18 Å². The van der Waals surface area contributed by atoms with E-state index in [2.05, 4.69) is 20.5 Å². The van der Waals surface area contributed by atoms with E-state index in [-0.39, 0.29) is 17.5 Å². The Labute approximate surface area is 153 Å². The summed E-state index contributed by atoms with van der Waals surface area (Å²) in [6.07, 6.45) is 0.